The molecule has 0 rings (SSSR count). The van der Waals surface area contributed by atoms with Crippen LogP contribution < -0.4 is 0 Å². The zero-order valence-electron chi connectivity index (χ0n) is 18.0. The average Bonchev–Trinajstić information content (AvgIpc) is 2.68. The predicted octanol–water partition coefficient (Wildman–Crippen LogP) is 6.84. The Morgan fingerprint density at radius 2 is 1.43 bits per heavy atom. The van der Waals surface area contributed by atoms with Crippen LogP contribution in [0.15, 0.2) is 24.8 Å². The largest absolute Gasteiger partial charge is 0.481 e. The Balaban J connectivity index is 3.51. The highest BCUT2D eigenvalue weighted by Gasteiger charge is 2.21. The van der Waals surface area contributed by atoms with E-state index >= 15 is 0 Å². The van der Waals surface area contributed by atoms with Crippen LogP contribution in [-0.2, 0) is 14.3 Å². The van der Waals surface area contributed by atoms with Crippen LogP contribution in [0.3, 0.4) is 0 Å². The Morgan fingerprint density at radius 3 is 1.96 bits per heavy atom. The first-order valence-electron chi connectivity index (χ1n) is 11.3. The first-order chi connectivity index (χ1) is 13.6. The summed E-state index contributed by atoms with van der Waals surface area (Å²) in [5, 5.41) is 9.23. The number of allylic oxidation sites excluding steroid dienone is 2. The second kappa shape index (κ2) is 20.2. The smallest absolute Gasteiger partial charge is 0.307 e. The maximum atomic E-state index is 11.5. The minimum atomic E-state index is -0.907. The van der Waals surface area contributed by atoms with Gasteiger partial charge in [-0.25, -0.2) is 0 Å². The minimum Gasteiger partial charge on any atom is -0.481 e. The van der Waals surface area contributed by atoms with Gasteiger partial charge in [0.2, 0.25) is 0 Å². The summed E-state index contributed by atoms with van der Waals surface area (Å²) in [4.78, 5) is 22.8. The van der Waals surface area contributed by atoms with E-state index < -0.39 is 17.9 Å². The van der Waals surface area contributed by atoms with Crippen LogP contribution in [0.4, 0.5) is 0 Å². The van der Waals surface area contributed by atoms with Crippen LogP contribution >= 0.6 is 0 Å². The number of unbranched alkanes of at least 4 members (excludes halogenated alkanes) is 11. The van der Waals surface area contributed by atoms with E-state index in [4.69, 9.17) is 4.74 Å². The molecular formula is C24H42O4. The molecule has 0 amide bonds. The summed E-state index contributed by atoms with van der Waals surface area (Å²) in [5.74, 6) is -1.99. The van der Waals surface area contributed by atoms with Gasteiger partial charge in [-0.05, 0) is 25.7 Å². The van der Waals surface area contributed by atoms with E-state index in [2.05, 4.69) is 25.7 Å². The van der Waals surface area contributed by atoms with Crippen molar-refractivity contribution in [2.24, 2.45) is 5.92 Å². The Labute approximate surface area is 172 Å². The van der Waals surface area contributed by atoms with Crippen molar-refractivity contribution >= 4 is 11.9 Å². The van der Waals surface area contributed by atoms with Gasteiger partial charge in [0.25, 0.3) is 0 Å². The van der Waals surface area contributed by atoms with Gasteiger partial charge in [-0.2, -0.15) is 0 Å². The van der Waals surface area contributed by atoms with E-state index in [0.717, 1.165) is 19.3 Å². The van der Waals surface area contributed by atoms with Crippen LogP contribution in [0.1, 0.15) is 103 Å². The lowest BCUT2D eigenvalue weighted by Gasteiger charge is -2.11. The molecule has 0 radical (unpaired) electrons. The summed E-state index contributed by atoms with van der Waals surface area (Å²) in [6, 6.07) is 0. The fraction of sp³-hybridized carbons (Fsp3) is 0.750. The van der Waals surface area contributed by atoms with Gasteiger partial charge in [-0.3, -0.25) is 9.59 Å². The number of ether oxygens (including phenoxy) is 1. The number of aliphatic carboxylic acids is 1. The molecule has 4 nitrogen and oxygen atoms in total. The zero-order chi connectivity index (χ0) is 20.9. The molecule has 28 heavy (non-hydrogen) atoms. The highest BCUT2D eigenvalue weighted by atomic mass is 16.5. The molecule has 1 unspecified atom stereocenters. The van der Waals surface area contributed by atoms with Gasteiger partial charge in [0.1, 0.15) is 6.61 Å². The van der Waals surface area contributed by atoms with Gasteiger partial charge in [-0.15, -0.1) is 0 Å². The van der Waals surface area contributed by atoms with Crippen molar-refractivity contribution in [2.75, 3.05) is 6.61 Å². The van der Waals surface area contributed by atoms with Crippen LogP contribution in [0, 0.1) is 5.92 Å². The maximum absolute atomic E-state index is 11.5. The second-order valence-corrected chi connectivity index (χ2v) is 7.58. The van der Waals surface area contributed by atoms with Crippen LogP contribution in [-0.4, -0.2) is 23.7 Å². The van der Waals surface area contributed by atoms with Crippen LogP contribution in [0.5, 0.6) is 0 Å². The number of hydrogen-bond acceptors (Lipinski definition) is 3. The average molecular weight is 395 g/mol. The van der Waals surface area contributed by atoms with Crippen LogP contribution in [0.2, 0.25) is 0 Å². The molecule has 0 saturated heterocycles. The molecule has 0 saturated carbocycles. The van der Waals surface area contributed by atoms with Crippen molar-refractivity contribution in [3.8, 4) is 0 Å². The molecule has 0 aliphatic carbocycles. The van der Waals surface area contributed by atoms with E-state index in [1.165, 1.54) is 70.3 Å². The number of hydrogen-bond donors (Lipinski definition) is 1. The van der Waals surface area contributed by atoms with Crippen molar-refractivity contribution in [1.29, 1.82) is 0 Å². The molecule has 0 aliphatic heterocycles. The first-order valence-corrected chi connectivity index (χ1v) is 11.3. The van der Waals surface area contributed by atoms with E-state index in [0.29, 0.717) is 6.42 Å². The fourth-order valence-corrected chi connectivity index (χ4v) is 3.17. The quantitative estimate of drug-likeness (QED) is 0.139. The molecule has 0 aromatic heterocycles. The number of rotatable bonds is 20. The standard InChI is InChI=1S/C24H42O4/c1-3-5-6-7-8-9-10-11-12-13-14-15-16-17-18-19-22(24(26)27)21-23(25)28-20-4-2/h4,7-8,22H,2-3,5-6,9-21H2,1H3,(H,26,27)/b8-7+. The predicted molar refractivity (Wildman–Crippen MR) is 116 cm³/mol. The SMILES string of the molecule is C=CCOC(=O)CC(CCCCCCCCCCC/C=C/CCCC)C(=O)O. The fourth-order valence-electron chi connectivity index (χ4n) is 3.17. The first kappa shape index (κ1) is 26.4. The third-order valence-electron chi connectivity index (χ3n) is 4.94. The van der Waals surface area contributed by atoms with Gasteiger partial charge >= 0.3 is 11.9 Å². The maximum Gasteiger partial charge on any atom is 0.307 e. The summed E-state index contributed by atoms with van der Waals surface area (Å²) >= 11 is 0. The Bertz CT molecular complexity index is 428. The number of carbonyl (C=O) groups excluding carboxylic acids is 1. The molecular weight excluding hydrogens is 352 g/mol. The number of carbonyl (C=O) groups is 2. The monoisotopic (exact) mass is 394 g/mol. The van der Waals surface area contributed by atoms with Gasteiger partial charge in [-0.1, -0.05) is 95.9 Å². The molecule has 0 spiro atoms. The third kappa shape index (κ3) is 17.8. The van der Waals surface area contributed by atoms with E-state index in [1.807, 2.05) is 0 Å². The van der Waals surface area contributed by atoms with Crippen molar-refractivity contribution in [1.82, 2.24) is 0 Å². The highest BCUT2D eigenvalue weighted by molar-refractivity contribution is 5.78. The van der Waals surface area contributed by atoms with Gasteiger partial charge < -0.3 is 9.84 Å². The zero-order valence-corrected chi connectivity index (χ0v) is 18.0. The number of carboxylic acids is 1. The van der Waals surface area contributed by atoms with E-state index in [1.54, 1.807) is 0 Å². The lowest BCUT2D eigenvalue weighted by Crippen LogP contribution is -2.19. The summed E-state index contributed by atoms with van der Waals surface area (Å²) in [6.07, 6.45) is 22.4. The molecule has 0 aliphatic rings. The van der Waals surface area contributed by atoms with E-state index in [-0.39, 0.29) is 13.0 Å². The van der Waals surface area contributed by atoms with Crippen molar-refractivity contribution in [2.45, 2.75) is 103 Å². The molecule has 4 heteroatoms. The van der Waals surface area contributed by atoms with Crippen molar-refractivity contribution in [3.05, 3.63) is 24.8 Å². The van der Waals surface area contributed by atoms with E-state index in [9.17, 15) is 14.7 Å². The Morgan fingerprint density at radius 1 is 0.893 bits per heavy atom. The summed E-state index contributed by atoms with van der Waals surface area (Å²) in [7, 11) is 0. The van der Waals surface area contributed by atoms with Crippen LogP contribution in [0.25, 0.3) is 0 Å². The van der Waals surface area contributed by atoms with Crippen molar-refractivity contribution < 1.29 is 19.4 Å². The Hall–Kier alpha value is -1.58. The molecule has 0 aromatic carbocycles. The van der Waals surface area contributed by atoms with Gasteiger partial charge in [0, 0.05) is 0 Å². The molecule has 1 atom stereocenters. The molecule has 0 aromatic rings. The topological polar surface area (TPSA) is 63.6 Å². The lowest BCUT2D eigenvalue weighted by atomic mass is 9.97. The van der Waals surface area contributed by atoms with Crippen molar-refractivity contribution in [3.63, 3.8) is 0 Å². The summed E-state index contributed by atoms with van der Waals surface area (Å²) in [5.41, 5.74) is 0. The normalized spacial score (nSPS) is 12.2. The molecule has 0 fully saturated rings. The molecule has 1 N–H and O–H groups in total. The Kier molecular flexibility index (Phi) is 19.0. The molecule has 0 heterocycles. The minimum absolute atomic E-state index is 0.0447. The lowest BCUT2D eigenvalue weighted by molar-refractivity contribution is -0.151. The second-order valence-electron chi connectivity index (χ2n) is 7.58. The molecule has 162 valence electrons. The van der Waals surface area contributed by atoms with Gasteiger partial charge in [0.05, 0.1) is 12.3 Å². The molecule has 0 bridgehead atoms. The van der Waals surface area contributed by atoms with Gasteiger partial charge in [0.15, 0.2) is 0 Å². The third-order valence-corrected chi connectivity index (χ3v) is 4.94. The number of carboxylic acid groups (broad SMARTS) is 1. The summed E-state index contributed by atoms with van der Waals surface area (Å²) < 4.78 is 4.88. The highest BCUT2D eigenvalue weighted by Crippen LogP contribution is 2.17. The summed E-state index contributed by atoms with van der Waals surface area (Å²) in [6.45, 7) is 5.84. The number of esters is 1.